The van der Waals surface area contributed by atoms with Gasteiger partial charge in [-0.15, -0.1) is 0 Å². The molecule has 0 saturated carbocycles. The molecule has 5 rings (SSSR count). The standard InChI is InChI=1S/C31H30N4O3/c1-3-35-20-23(26-9-5-7-11-29(26)35)18-28(34-30(36)21-12-14-24(38-2)15-13-21)31(37)32-17-16-22-19-33-27-10-6-4-8-25(22)27/h4-15,18-20,33H,3,16-17H2,1-2H3,(H,32,37)(H,34,36)/b28-18-. The maximum Gasteiger partial charge on any atom is 0.267 e. The van der Waals surface area contributed by atoms with E-state index in [4.69, 9.17) is 4.74 Å². The molecule has 2 aromatic heterocycles. The lowest BCUT2D eigenvalue weighted by Crippen LogP contribution is -2.35. The van der Waals surface area contributed by atoms with Gasteiger partial charge in [0.1, 0.15) is 11.4 Å². The molecule has 2 heterocycles. The highest BCUT2D eigenvalue weighted by molar-refractivity contribution is 6.06. The zero-order valence-electron chi connectivity index (χ0n) is 21.5. The van der Waals surface area contributed by atoms with Crippen molar-refractivity contribution >= 4 is 39.7 Å². The van der Waals surface area contributed by atoms with Crippen molar-refractivity contribution in [3.05, 3.63) is 108 Å². The Bertz CT molecular complexity index is 1630. The number of ether oxygens (including phenoxy) is 1. The third-order valence-corrected chi connectivity index (χ3v) is 6.66. The highest BCUT2D eigenvalue weighted by Gasteiger charge is 2.17. The van der Waals surface area contributed by atoms with Crippen molar-refractivity contribution in [3.8, 4) is 5.75 Å². The van der Waals surface area contributed by atoms with E-state index >= 15 is 0 Å². The van der Waals surface area contributed by atoms with Crippen molar-refractivity contribution in [1.29, 1.82) is 0 Å². The minimum Gasteiger partial charge on any atom is -0.497 e. The number of rotatable bonds is 9. The Kier molecular flexibility index (Phi) is 7.26. The van der Waals surface area contributed by atoms with Gasteiger partial charge in [0, 0.05) is 58.4 Å². The number of nitrogens with one attached hydrogen (secondary N) is 3. The molecule has 0 fully saturated rings. The summed E-state index contributed by atoms with van der Waals surface area (Å²) in [5.41, 5.74) is 4.73. The second-order valence-corrected chi connectivity index (χ2v) is 8.99. The van der Waals surface area contributed by atoms with E-state index in [1.807, 2.05) is 54.9 Å². The van der Waals surface area contributed by atoms with Crippen LogP contribution in [0.15, 0.2) is 90.9 Å². The quantitative estimate of drug-likeness (QED) is 0.238. The first-order valence-electron chi connectivity index (χ1n) is 12.7. The average Bonchev–Trinajstić information content (AvgIpc) is 3.54. The molecule has 7 heteroatoms. The SMILES string of the molecule is CCn1cc(/C=C(\NC(=O)c2ccc(OC)cc2)C(=O)NCCc2c[nH]c3ccccc23)c2ccccc21. The Morgan fingerprint density at radius 1 is 0.974 bits per heavy atom. The lowest BCUT2D eigenvalue weighted by atomic mass is 10.1. The molecule has 192 valence electrons. The molecule has 0 saturated heterocycles. The van der Waals surface area contributed by atoms with Crippen molar-refractivity contribution in [3.63, 3.8) is 0 Å². The normalized spacial score (nSPS) is 11.6. The van der Waals surface area contributed by atoms with Crippen LogP contribution in [0.4, 0.5) is 0 Å². The Hall–Kier alpha value is -4.78. The average molecular weight is 507 g/mol. The fourth-order valence-corrected chi connectivity index (χ4v) is 4.65. The number of aryl methyl sites for hydroxylation is 1. The maximum absolute atomic E-state index is 13.4. The number of hydrogen-bond donors (Lipinski definition) is 3. The molecule has 2 amide bonds. The summed E-state index contributed by atoms with van der Waals surface area (Å²) in [6, 6.07) is 22.9. The number of methoxy groups -OCH3 is 1. The van der Waals surface area contributed by atoms with E-state index in [0.717, 1.165) is 39.5 Å². The lowest BCUT2D eigenvalue weighted by Gasteiger charge is -2.11. The van der Waals surface area contributed by atoms with Gasteiger partial charge in [0.25, 0.3) is 11.8 Å². The minimum absolute atomic E-state index is 0.184. The van der Waals surface area contributed by atoms with Gasteiger partial charge in [-0.2, -0.15) is 0 Å². The number of hydrogen-bond acceptors (Lipinski definition) is 3. The number of para-hydroxylation sites is 2. The van der Waals surface area contributed by atoms with Crippen molar-refractivity contribution in [2.45, 2.75) is 19.9 Å². The summed E-state index contributed by atoms with van der Waals surface area (Å²) < 4.78 is 7.31. The molecule has 0 aliphatic heterocycles. The van der Waals surface area contributed by atoms with E-state index in [1.54, 1.807) is 37.5 Å². The van der Waals surface area contributed by atoms with E-state index in [2.05, 4.69) is 33.2 Å². The maximum atomic E-state index is 13.4. The molecule has 0 bridgehead atoms. The molecule has 0 atom stereocenters. The van der Waals surface area contributed by atoms with Crippen LogP contribution in [0.1, 0.15) is 28.4 Å². The van der Waals surface area contributed by atoms with Crippen LogP contribution in [0, 0.1) is 0 Å². The fourth-order valence-electron chi connectivity index (χ4n) is 4.65. The van der Waals surface area contributed by atoms with Gasteiger partial charge in [-0.25, -0.2) is 0 Å². The largest absolute Gasteiger partial charge is 0.497 e. The van der Waals surface area contributed by atoms with Crippen LogP contribution >= 0.6 is 0 Å². The second-order valence-electron chi connectivity index (χ2n) is 8.99. The number of H-pyrrole nitrogens is 1. The zero-order valence-corrected chi connectivity index (χ0v) is 21.5. The van der Waals surface area contributed by atoms with Gasteiger partial charge in [0.15, 0.2) is 0 Å². The molecule has 0 aliphatic rings. The van der Waals surface area contributed by atoms with Crippen molar-refractivity contribution in [1.82, 2.24) is 20.2 Å². The van der Waals surface area contributed by atoms with Crippen molar-refractivity contribution in [2.24, 2.45) is 0 Å². The summed E-state index contributed by atoms with van der Waals surface area (Å²) in [6.45, 7) is 3.29. The third-order valence-electron chi connectivity index (χ3n) is 6.66. The van der Waals surface area contributed by atoms with Crippen LogP contribution in [0.5, 0.6) is 5.75 Å². The van der Waals surface area contributed by atoms with Gasteiger partial charge in [-0.1, -0.05) is 36.4 Å². The summed E-state index contributed by atoms with van der Waals surface area (Å²) >= 11 is 0. The van der Waals surface area contributed by atoms with Crippen LogP contribution in [0.25, 0.3) is 27.9 Å². The monoisotopic (exact) mass is 506 g/mol. The van der Waals surface area contributed by atoms with E-state index in [9.17, 15) is 9.59 Å². The van der Waals surface area contributed by atoms with E-state index in [0.29, 0.717) is 24.3 Å². The number of nitrogens with zero attached hydrogens (tertiary/aromatic N) is 1. The molecule has 0 unspecified atom stereocenters. The number of carbonyl (C=O) groups is 2. The number of fused-ring (bicyclic) bond motifs is 2. The molecule has 0 aliphatic carbocycles. The first-order chi connectivity index (χ1) is 18.6. The highest BCUT2D eigenvalue weighted by atomic mass is 16.5. The molecule has 3 aromatic carbocycles. The number of aromatic nitrogens is 2. The first kappa shape index (κ1) is 24.9. The van der Waals surface area contributed by atoms with E-state index in [-0.39, 0.29) is 17.5 Å². The number of benzene rings is 3. The Balaban J connectivity index is 1.40. The Morgan fingerprint density at radius 2 is 1.71 bits per heavy atom. The van der Waals surface area contributed by atoms with Crippen molar-refractivity contribution < 1.29 is 14.3 Å². The van der Waals surface area contributed by atoms with Gasteiger partial charge in [0.2, 0.25) is 0 Å². The summed E-state index contributed by atoms with van der Waals surface area (Å²) in [7, 11) is 1.57. The summed E-state index contributed by atoms with van der Waals surface area (Å²) in [5, 5.41) is 7.97. The molecule has 0 spiro atoms. The van der Waals surface area contributed by atoms with Gasteiger partial charge < -0.3 is 24.9 Å². The van der Waals surface area contributed by atoms with Crippen molar-refractivity contribution in [2.75, 3.05) is 13.7 Å². The molecular weight excluding hydrogens is 476 g/mol. The second kappa shape index (κ2) is 11.1. The summed E-state index contributed by atoms with van der Waals surface area (Å²) in [6.07, 6.45) is 6.38. The predicted octanol–water partition coefficient (Wildman–Crippen LogP) is 5.28. The van der Waals surface area contributed by atoms with Gasteiger partial charge in [0.05, 0.1) is 7.11 Å². The Morgan fingerprint density at radius 3 is 2.47 bits per heavy atom. The van der Waals surface area contributed by atoms with Gasteiger partial charge in [-0.05, 0) is 61.4 Å². The summed E-state index contributed by atoms with van der Waals surface area (Å²) in [4.78, 5) is 29.8. The summed E-state index contributed by atoms with van der Waals surface area (Å²) in [5.74, 6) is -0.0651. The Labute approximate surface area is 221 Å². The van der Waals surface area contributed by atoms with Gasteiger partial charge in [-0.3, -0.25) is 9.59 Å². The molecule has 7 nitrogen and oxygen atoms in total. The van der Waals surface area contributed by atoms with Crippen LogP contribution < -0.4 is 15.4 Å². The van der Waals surface area contributed by atoms with Crippen LogP contribution in [0.2, 0.25) is 0 Å². The van der Waals surface area contributed by atoms with Crippen LogP contribution in [0.3, 0.4) is 0 Å². The molecule has 0 radical (unpaired) electrons. The van der Waals surface area contributed by atoms with E-state index < -0.39 is 0 Å². The minimum atomic E-state index is -0.370. The first-order valence-corrected chi connectivity index (χ1v) is 12.7. The molecule has 3 N–H and O–H groups in total. The number of carbonyl (C=O) groups excluding carboxylic acids is 2. The number of amides is 2. The molecular formula is C31H30N4O3. The predicted molar refractivity (Wildman–Crippen MR) is 151 cm³/mol. The number of aromatic amines is 1. The smallest absolute Gasteiger partial charge is 0.267 e. The van der Waals surface area contributed by atoms with Crippen LogP contribution in [-0.4, -0.2) is 35.0 Å². The fraction of sp³-hybridized carbons (Fsp3) is 0.161. The van der Waals surface area contributed by atoms with Crippen LogP contribution in [-0.2, 0) is 17.8 Å². The van der Waals surface area contributed by atoms with E-state index in [1.165, 1.54) is 0 Å². The topological polar surface area (TPSA) is 88.2 Å². The zero-order chi connectivity index (χ0) is 26.5. The highest BCUT2D eigenvalue weighted by Crippen LogP contribution is 2.24. The molecule has 5 aromatic rings. The molecule has 38 heavy (non-hydrogen) atoms. The van der Waals surface area contributed by atoms with Gasteiger partial charge >= 0.3 is 0 Å². The lowest BCUT2D eigenvalue weighted by molar-refractivity contribution is -0.117. The third kappa shape index (κ3) is 5.18.